The average molecular weight is 180 g/mol. The molecule has 66 valence electrons. The van der Waals surface area contributed by atoms with Crippen LogP contribution < -0.4 is 0 Å². The molecule has 1 aromatic carbocycles. The molecule has 0 unspecified atom stereocenters. The van der Waals surface area contributed by atoms with Crippen molar-refractivity contribution in [1.82, 2.24) is 0 Å². The predicted octanol–water partition coefficient (Wildman–Crippen LogP) is 1.56. The van der Waals surface area contributed by atoms with Crippen LogP contribution in [0.3, 0.4) is 0 Å². The first-order chi connectivity index (χ1) is 6.02. The molecule has 0 fully saturated rings. The normalized spacial score (nSPS) is 9.62. The van der Waals surface area contributed by atoms with Gasteiger partial charge in [-0.25, -0.2) is 0 Å². The summed E-state index contributed by atoms with van der Waals surface area (Å²) < 4.78 is 0. The van der Waals surface area contributed by atoms with Crippen LogP contribution in [0, 0.1) is 27.2 Å². The zero-order chi connectivity index (χ0) is 10.0. The molecule has 0 saturated carbocycles. The van der Waals surface area contributed by atoms with E-state index in [2.05, 4.69) is 0 Å². The second kappa shape index (κ2) is 3.18. The summed E-state index contributed by atoms with van der Waals surface area (Å²) in [6, 6.07) is 3.08. The summed E-state index contributed by atoms with van der Waals surface area (Å²) in [5.41, 5.74) is -0.884. The lowest BCUT2D eigenvalue weighted by Crippen LogP contribution is -1.94. The van der Waals surface area contributed by atoms with Crippen molar-refractivity contribution in [2.75, 3.05) is 0 Å². The van der Waals surface area contributed by atoms with Gasteiger partial charge in [-0.05, 0) is 6.07 Å². The summed E-state index contributed by atoms with van der Waals surface area (Å²) in [5.74, 6) is 0. The summed E-state index contributed by atoms with van der Waals surface area (Å²) >= 11 is 0. The van der Waals surface area contributed by atoms with Gasteiger partial charge < -0.3 is 0 Å². The fourth-order valence-electron chi connectivity index (χ4n) is 0.804. The molecule has 0 saturated heterocycles. The zero-order valence-corrected chi connectivity index (χ0v) is 6.34. The molecule has 0 heterocycles. The highest BCUT2D eigenvalue weighted by Gasteiger charge is 2.16. The van der Waals surface area contributed by atoms with Crippen LogP contribution in [0.1, 0.15) is 5.56 Å². The molecule has 1 rings (SSSR count). The van der Waals surface area contributed by atoms with Crippen LogP contribution in [0.5, 0.6) is 0 Å². The van der Waals surface area contributed by atoms with Gasteiger partial charge in [0, 0.05) is 18.6 Å². The van der Waals surface area contributed by atoms with E-state index in [0.717, 1.165) is 18.2 Å². The van der Waals surface area contributed by atoms with E-state index in [1.54, 1.807) is 0 Å². The second-order valence-corrected chi connectivity index (χ2v) is 2.26. The molecule has 0 aliphatic carbocycles. The first kappa shape index (κ1) is 9.11. The van der Waals surface area contributed by atoms with Crippen molar-refractivity contribution in [3.05, 3.63) is 50.9 Å². The lowest BCUT2D eigenvalue weighted by Gasteiger charge is -1.95. The van der Waals surface area contributed by atoms with Gasteiger partial charge in [-0.2, -0.15) is 0 Å². The quantitative estimate of drug-likeness (QED) is 0.510. The molecule has 0 aliphatic heterocycles. The summed E-state index contributed by atoms with van der Waals surface area (Å²) in [4.78, 5) is 19.1. The Morgan fingerprint density at radius 1 is 1.15 bits per heavy atom. The third-order valence-electron chi connectivity index (χ3n) is 1.42. The van der Waals surface area contributed by atoms with E-state index in [9.17, 15) is 20.2 Å². The number of non-ortho nitro benzene ring substituents is 1. The van der Waals surface area contributed by atoms with Gasteiger partial charge in [-0.1, -0.05) is 0 Å². The second-order valence-electron chi connectivity index (χ2n) is 2.26. The molecule has 0 aromatic heterocycles. The van der Waals surface area contributed by atoms with Crippen molar-refractivity contribution in [3.8, 4) is 0 Å². The van der Waals surface area contributed by atoms with Crippen molar-refractivity contribution < 1.29 is 9.85 Å². The minimum Gasteiger partial charge on any atom is -0.258 e. The monoisotopic (exact) mass is 180 g/mol. The molecule has 6 heteroatoms. The molecule has 0 N–H and O–H groups in total. The maximum Gasteiger partial charge on any atom is 0.279 e. The van der Waals surface area contributed by atoms with Crippen molar-refractivity contribution in [1.29, 1.82) is 0 Å². The van der Waals surface area contributed by atoms with Crippen molar-refractivity contribution in [2.24, 2.45) is 0 Å². The molecule has 13 heavy (non-hydrogen) atoms. The van der Waals surface area contributed by atoms with Crippen LogP contribution in [0.25, 0.3) is 0 Å². The van der Waals surface area contributed by atoms with Gasteiger partial charge >= 0.3 is 0 Å². The number of benzene rings is 1. The van der Waals surface area contributed by atoms with Crippen LogP contribution in [0.4, 0.5) is 11.4 Å². The van der Waals surface area contributed by atoms with Gasteiger partial charge in [0.15, 0.2) is 0 Å². The highest BCUT2D eigenvalue weighted by Crippen LogP contribution is 2.23. The molecule has 1 aromatic rings. The molecule has 6 nitrogen and oxygen atoms in total. The largest absolute Gasteiger partial charge is 0.279 e. The molecular weight excluding hydrogens is 176 g/mol. The Bertz CT molecular complexity index is 375. The molecule has 0 bridgehead atoms. The van der Waals surface area contributed by atoms with Crippen molar-refractivity contribution in [3.63, 3.8) is 0 Å². The number of nitrogens with zero attached hydrogens (tertiary/aromatic N) is 2. The van der Waals surface area contributed by atoms with E-state index in [-0.39, 0.29) is 11.3 Å². The Balaban J connectivity index is 3.27. The SMILES string of the molecule is [CH]c1ccc([N+](=O)[O-])cc1[N+](=O)[O-]. The van der Waals surface area contributed by atoms with Gasteiger partial charge in [-0.3, -0.25) is 20.2 Å². The topological polar surface area (TPSA) is 86.3 Å². The third kappa shape index (κ3) is 1.78. The smallest absolute Gasteiger partial charge is 0.258 e. The number of hydrogen-bond donors (Lipinski definition) is 0. The van der Waals surface area contributed by atoms with Gasteiger partial charge in [0.1, 0.15) is 0 Å². The van der Waals surface area contributed by atoms with E-state index in [1.807, 2.05) is 0 Å². The van der Waals surface area contributed by atoms with Gasteiger partial charge in [0.2, 0.25) is 0 Å². The van der Waals surface area contributed by atoms with Crippen LogP contribution in [0.2, 0.25) is 0 Å². The molecule has 0 aliphatic rings. The minimum absolute atomic E-state index is 0.0874. The zero-order valence-electron chi connectivity index (χ0n) is 6.34. The van der Waals surface area contributed by atoms with Crippen molar-refractivity contribution in [2.45, 2.75) is 0 Å². The third-order valence-corrected chi connectivity index (χ3v) is 1.42. The minimum atomic E-state index is -0.762. The first-order valence-electron chi connectivity index (χ1n) is 3.20. The average Bonchev–Trinajstić information content (AvgIpc) is 2.04. The number of nitro benzene ring substituents is 2. The Morgan fingerprint density at radius 2 is 1.77 bits per heavy atom. The maximum absolute atomic E-state index is 10.3. The predicted molar refractivity (Wildman–Crippen MR) is 43.2 cm³/mol. The highest BCUT2D eigenvalue weighted by molar-refractivity contribution is 5.50. The van der Waals surface area contributed by atoms with Gasteiger partial charge in [-0.15, -0.1) is 0 Å². The lowest BCUT2D eigenvalue weighted by molar-refractivity contribution is -0.394. The molecule has 0 amide bonds. The van der Waals surface area contributed by atoms with E-state index in [0.29, 0.717) is 0 Å². The van der Waals surface area contributed by atoms with Gasteiger partial charge in [0.05, 0.1) is 15.9 Å². The number of nitro groups is 2. The summed E-state index contributed by atoms with van der Waals surface area (Å²) in [6.07, 6.45) is 0. The van der Waals surface area contributed by atoms with Crippen LogP contribution >= 0.6 is 0 Å². The Labute approximate surface area is 73.1 Å². The lowest BCUT2D eigenvalue weighted by atomic mass is 10.2. The Kier molecular flexibility index (Phi) is 2.23. The fraction of sp³-hybridized carbons (Fsp3) is 0. The summed E-state index contributed by atoms with van der Waals surface area (Å²) in [6.45, 7) is 5.23. The van der Waals surface area contributed by atoms with E-state index in [4.69, 9.17) is 6.92 Å². The number of rotatable bonds is 2. The first-order valence-corrected chi connectivity index (χ1v) is 3.20. The van der Waals surface area contributed by atoms with Crippen LogP contribution in [-0.4, -0.2) is 9.85 Å². The molecule has 0 spiro atoms. The van der Waals surface area contributed by atoms with E-state index < -0.39 is 15.5 Å². The Hall–Kier alpha value is -1.98. The van der Waals surface area contributed by atoms with Crippen LogP contribution in [0.15, 0.2) is 18.2 Å². The maximum atomic E-state index is 10.3. The Morgan fingerprint density at radius 3 is 2.23 bits per heavy atom. The summed E-state index contributed by atoms with van der Waals surface area (Å²) in [5, 5.41) is 20.5. The van der Waals surface area contributed by atoms with E-state index >= 15 is 0 Å². The standard InChI is InChI=1S/C7H4N2O4/c1-5-2-3-6(8(10)11)4-7(5)9(12)13/h1-4H. The molecular formula is C7H4N2O4. The van der Waals surface area contributed by atoms with Crippen molar-refractivity contribution >= 4 is 11.4 Å². The van der Waals surface area contributed by atoms with Gasteiger partial charge in [0.25, 0.3) is 11.4 Å². The summed E-state index contributed by atoms with van der Waals surface area (Å²) in [7, 11) is 0. The molecule has 0 atom stereocenters. The number of hydrogen-bond acceptors (Lipinski definition) is 4. The fourth-order valence-corrected chi connectivity index (χ4v) is 0.804. The van der Waals surface area contributed by atoms with E-state index in [1.165, 1.54) is 0 Å². The van der Waals surface area contributed by atoms with Crippen LogP contribution in [-0.2, 0) is 0 Å². The molecule has 2 radical (unpaired) electrons. The highest BCUT2D eigenvalue weighted by atomic mass is 16.6.